The molecule has 4 aliphatic carbocycles. The molecular formula is C22H30N2O4. The minimum atomic E-state index is -0.833. The normalized spacial score (nSPS) is 33.4. The number of hydrogen-bond donors (Lipinski definition) is 3. The number of methoxy groups -OCH3 is 1. The minimum absolute atomic E-state index is 0.0552. The van der Waals surface area contributed by atoms with Crippen LogP contribution in [0.15, 0.2) is 24.3 Å². The summed E-state index contributed by atoms with van der Waals surface area (Å²) < 4.78 is 4.77. The number of esters is 1. The van der Waals surface area contributed by atoms with Crippen molar-refractivity contribution in [1.29, 1.82) is 0 Å². The standard InChI is InChI=1S/C22H30N2O4/c1-21(2,24-17-6-4-5-14(9-17)19(25)28-3)20(26)23-18-15-7-13-8-16(18)12-22(27,10-13)11-15/h4-6,9,13,15-16,18,24,27H,7-8,10-12H2,1-3H3,(H,23,26)/t13?,15-,16+,18+,22+. The largest absolute Gasteiger partial charge is 0.465 e. The SMILES string of the molecule is COC(=O)c1cccc(NC(C)(C)C(=O)N[C@H]2[C@@H]3CC4C[C@H]2C[C@](O)(C4)C3)c1. The molecule has 4 saturated carbocycles. The number of benzene rings is 1. The molecule has 152 valence electrons. The summed E-state index contributed by atoms with van der Waals surface area (Å²) in [6, 6.07) is 7.12. The molecule has 1 aromatic rings. The van der Waals surface area contributed by atoms with Crippen molar-refractivity contribution in [2.24, 2.45) is 17.8 Å². The Morgan fingerprint density at radius 1 is 1.18 bits per heavy atom. The van der Waals surface area contributed by atoms with Gasteiger partial charge in [-0.3, -0.25) is 4.79 Å². The van der Waals surface area contributed by atoms with Crippen LogP contribution in [0.3, 0.4) is 0 Å². The number of amides is 1. The summed E-state index contributed by atoms with van der Waals surface area (Å²) in [6.45, 7) is 3.69. The van der Waals surface area contributed by atoms with Gasteiger partial charge in [0, 0.05) is 11.7 Å². The van der Waals surface area contributed by atoms with Crippen LogP contribution in [-0.4, -0.2) is 41.3 Å². The second-order valence-corrected chi connectivity index (χ2v) is 9.52. The quantitative estimate of drug-likeness (QED) is 0.677. The fourth-order valence-corrected chi connectivity index (χ4v) is 5.81. The zero-order valence-electron chi connectivity index (χ0n) is 16.8. The Hall–Kier alpha value is -2.08. The Balaban J connectivity index is 1.44. The molecule has 28 heavy (non-hydrogen) atoms. The fraction of sp³-hybridized carbons (Fsp3) is 0.636. The van der Waals surface area contributed by atoms with Gasteiger partial charge in [-0.15, -0.1) is 0 Å². The predicted octanol–water partition coefficient (Wildman–Crippen LogP) is 2.72. The molecule has 0 radical (unpaired) electrons. The van der Waals surface area contributed by atoms with Gasteiger partial charge in [0.05, 0.1) is 18.3 Å². The first-order chi connectivity index (χ1) is 13.2. The van der Waals surface area contributed by atoms with Gasteiger partial charge in [0.15, 0.2) is 0 Å². The van der Waals surface area contributed by atoms with Crippen LogP contribution in [0.5, 0.6) is 0 Å². The van der Waals surface area contributed by atoms with E-state index >= 15 is 0 Å². The molecule has 1 amide bonds. The summed E-state index contributed by atoms with van der Waals surface area (Å²) in [4.78, 5) is 24.8. The predicted molar refractivity (Wildman–Crippen MR) is 106 cm³/mol. The fourth-order valence-electron chi connectivity index (χ4n) is 5.81. The summed E-state index contributed by atoms with van der Waals surface area (Å²) >= 11 is 0. The first-order valence-electron chi connectivity index (χ1n) is 10.2. The Kier molecular flexibility index (Phi) is 4.65. The van der Waals surface area contributed by atoms with E-state index in [0.717, 1.165) is 32.1 Å². The second-order valence-electron chi connectivity index (χ2n) is 9.52. The molecule has 1 unspecified atom stereocenters. The highest BCUT2D eigenvalue weighted by Crippen LogP contribution is 2.55. The lowest BCUT2D eigenvalue weighted by Gasteiger charge is -2.58. The molecule has 4 bridgehead atoms. The number of anilines is 1. The molecule has 4 fully saturated rings. The van der Waals surface area contributed by atoms with Gasteiger partial charge in [-0.05, 0) is 81.9 Å². The Bertz CT molecular complexity index is 774. The number of ether oxygens (including phenoxy) is 1. The lowest BCUT2D eigenvalue weighted by molar-refractivity contribution is -0.148. The van der Waals surface area contributed by atoms with Crippen LogP contribution in [-0.2, 0) is 9.53 Å². The molecule has 1 aromatic carbocycles. The summed E-state index contributed by atoms with van der Waals surface area (Å²) in [5.74, 6) is 0.901. The summed E-state index contributed by atoms with van der Waals surface area (Å²) in [6.07, 6.45) is 4.77. The van der Waals surface area contributed by atoms with Crippen molar-refractivity contribution in [3.05, 3.63) is 29.8 Å². The van der Waals surface area contributed by atoms with Gasteiger partial charge in [0.2, 0.25) is 5.91 Å². The number of hydrogen-bond acceptors (Lipinski definition) is 5. The summed E-state index contributed by atoms with van der Waals surface area (Å²) in [7, 11) is 1.35. The number of rotatable bonds is 5. The van der Waals surface area contributed by atoms with E-state index in [1.54, 1.807) is 18.2 Å². The van der Waals surface area contributed by atoms with Crippen LogP contribution in [0.25, 0.3) is 0 Å². The molecule has 5 atom stereocenters. The third-order valence-corrected chi connectivity index (χ3v) is 6.85. The van der Waals surface area contributed by atoms with Crippen LogP contribution in [0.1, 0.15) is 56.3 Å². The maximum Gasteiger partial charge on any atom is 0.337 e. The van der Waals surface area contributed by atoms with Crippen LogP contribution in [0.4, 0.5) is 5.69 Å². The monoisotopic (exact) mass is 386 g/mol. The Morgan fingerprint density at radius 2 is 1.86 bits per heavy atom. The average Bonchev–Trinajstić information content (AvgIpc) is 2.62. The minimum Gasteiger partial charge on any atom is -0.465 e. The third kappa shape index (κ3) is 3.50. The molecular weight excluding hydrogens is 356 g/mol. The number of carbonyl (C=O) groups excluding carboxylic acids is 2. The zero-order valence-corrected chi connectivity index (χ0v) is 16.8. The van der Waals surface area contributed by atoms with Gasteiger partial charge < -0.3 is 20.5 Å². The van der Waals surface area contributed by atoms with Crippen molar-refractivity contribution in [3.8, 4) is 0 Å². The first-order valence-corrected chi connectivity index (χ1v) is 10.2. The van der Waals surface area contributed by atoms with Gasteiger partial charge in [-0.2, -0.15) is 0 Å². The molecule has 6 heteroatoms. The van der Waals surface area contributed by atoms with E-state index in [9.17, 15) is 14.7 Å². The van der Waals surface area contributed by atoms with Gasteiger partial charge in [-0.1, -0.05) is 6.07 Å². The van der Waals surface area contributed by atoms with Crippen LogP contribution >= 0.6 is 0 Å². The van der Waals surface area contributed by atoms with Crippen LogP contribution in [0, 0.1) is 17.8 Å². The lowest BCUT2D eigenvalue weighted by atomic mass is 9.52. The van der Waals surface area contributed by atoms with Gasteiger partial charge in [0.25, 0.3) is 0 Å². The molecule has 4 aliphatic rings. The first kappa shape index (κ1) is 19.2. The van der Waals surface area contributed by atoms with Crippen molar-refractivity contribution >= 4 is 17.6 Å². The van der Waals surface area contributed by atoms with Crippen LogP contribution in [0.2, 0.25) is 0 Å². The maximum atomic E-state index is 13.1. The van der Waals surface area contributed by atoms with Crippen molar-refractivity contribution in [1.82, 2.24) is 5.32 Å². The highest BCUT2D eigenvalue weighted by molar-refractivity contribution is 5.92. The van der Waals surface area contributed by atoms with Crippen molar-refractivity contribution in [3.63, 3.8) is 0 Å². The Morgan fingerprint density at radius 3 is 2.46 bits per heavy atom. The van der Waals surface area contributed by atoms with Gasteiger partial charge in [0.1, 0.15) is 5.54 Å². The van der Waals surface area contributed by atoms with E-state index in [-0.39, 0.29) is 11.9 Å². The average molecular weight is 386 g/mol. The highest BCUT2D eigenvalue weighted by Gasteiger charge is 2.55. The summed E-state index contributed by atoms with van der Waals surface area (Å²) in [5.41, 5.74) is -0.194. The highest BCUT2D eigenvalue weighted by atomic mass is 16.5. The Labute approximate surface area is 166 Å². The van der Waals surface area contributed by atoms with E-state index in [0.29, 0.717) is 29.0 Å². The van der Waals surface area contributed by atoms with E-state index in [1.165, 1.54) is 7.11 Å². The zero-order chi connectivity index (χ0) is 20.1. The molecule has 3 N–H and O–H groups in total. The summed E-state index contributed by atoms with van der Waals surface area (Å²) in [5, 5.41) is 17.3. The second kappa shape index (κ2) is 6.76. The van der Waals surface area contributed by atoms with Crippen molar-refractivity contribution < 1.29 is 19.4 Å². The molecule has 0 saturated heterocycles. The smallest absolute Gasteiger partial charge is 0.337 e. The van der Waals surface area contributed by atoms with Crippen molar-refractivity contribution in [2.75, 3.05) is 12.4 Å². The van der Waals surface area contributed by atoms with E-state index in [1.807, 2.05) is 19.9 Å². The molecule has 0 aromatic heterocycles. The molecule has 6 nitrogen and oxygen atoms in total. The number of aliphatic hydroxyl groups is 1. The van der Waals surface area contributed by atoms with E-state index in [4.69, 9.17) is 4.74 Å². The van der Waals surface area contributed by atoms with E-state index in [2.05, 4.69) is 10.6 Å². The third-order valence-electron chi connectivity index (χ3n) is 6.85. The number of carbonyl (C=O) groups is 2. The molecule has 0 aliphatic heterocycles. The lowest BCUT2D eigenvalue weighted by Crippen LogP contribution is -2.63. The molecule has 0 spiro atoms. The maximum absolute atomic E-state index is 13.1. The van der Waals surface area contributed by atoms with Crippen LogP contribution < -0.4 is 10.6 Å². The molecule has 0 heterocycles. The number of nitrogens with one attached hydrogen (secondary N) is 2. The van der Waals surface area contributed by atoms with Gasteiger partial charge >= 0.3 is 5.97 Å². The molecule has 5 rings (SSSR count). The topological polar surface area (TPSA) is 87.7 Å². The van der Waals surface area contributed by atoms with Crippen molar-refractivity contribution in [2.45, 2.75) is 63.1 Å². The van der Waals surface area contributed by atoms with E-state index < -0.39 is 17.1 Å². The van der Waals surface area contributed by atoms with Gasteiger partial charge in [-0.25, -0.2) is 4.79 Å².